The fourth-order valence-electron chi connectivity index (χ4n) is 4.49. The van der Waals surface area contributed by atoms with Gasteiger partial charge in [0.15, 0.2) is 5.76 Å². The number of aromatic nitrogens is 2. The third-order valence-corrected chi connectivity index (χ3v) is 6.23. The molecule has 1 aromatic carbocycles. The molecule has 0 unspecified atom stereocenters. The summed E-state index contributed by atoms with van der Waals surface area (Å²) >= 11 is 0. The maximum Gasteiger partial charge on any atom is 0.289 e. The Labute approximate surface area is 196 Å². The Balaban J connectivity index is 1.73. The largest absolute Gasteiger partial charge is 0.459 e. The van der Waals surface area contributed by atoms with Crippen LogP contribution in [0.5, 0.6) is 0 Å². The van der Waals surface area contributed by atoms with E-state index in [1.807, 2.05) is 30.0 Å². The fourth-order valence-corrected chi connectivity index (χ4v) is 4.49. The molecule has 0 spiro atoms. The summed E-state index contributed by atoms with van der Waals surface area (Å²) in [6.07, 6.45) is 1.55. The molecule has 3 heterocycles. The van der Waals surface area contributed by atoms with Gasteiger partial charge in [0, 0.05) is 38.3 Å². The number of para-hydroxylation sites is 1. The Morgan fingerprint density at radius 3 is 2.42 bits per heavy atom. The number of aryl methyl sites for hydroxylation is 1. The second-order valence-corrected chi connectivity index (χ2v) is 9.11. The van der Waals surface area contributed by atoms with Crippen LogP contribution in [0.3, 0.4) is 0 Å². The van der Waals surface area contributed by atoms with Crippen LogP contribution in [0.1, 0.15) is 42.6 Å². The van der Waals surface area contributed by atoms with Crippen LogP contribution in [0.4, 0.5) is 5.82 Å². The summed E-state index contributed by atoms with van der Waals surface area (Å²) in [6.45, 7) is 14.7. The van der Waals surface area contributed by atoms with Crippen LogP contribution < -0.4 is 4.90 Å². The minimum Gasteiger partial charge on any atom is -0.459 e. The topological polar surface area (TPSA) is 57.8 Å². The van der Waals surface area contributed by atoms with Crippen molar-refractivity contribution >= 4 is 11.7 Å². The Morgan fingerprint density at radius 2 is 1.82 bits per heavy atom. The van der Waals surface area contributed by atoms with Crippen LogP contribution in [-0.4, -0.2) is 64.8 Å². The highest BCUT2D eigenvalue weighted by molar-refractivity contribution is 5.91. The van der Waals surface area contributed by atoms with Gasteiger partial charge in [-0.1, -0.05) is 39.0 Å². The third-order valence-electron chi connectivity index (χ3n) is 6.23. The molecule has 0 N–H and O–H groups in total. The summed E-state index contributed by atoms with van der Waals surface area (Å²) in [4.78, 5) is 20.1. The molecule has 1 saturated heterocycles. The van der Waals surface area contributed by atoms with Gasteiger partial charge in [-0.25, -0.2) is 4.68 Å². The lowest BCUT2D eigenvalue weighted by Crippen LogP contribution is -2.47. The van der Waals surface area contributed by atoms with Crippen LogP contribution in [0.2, 0.25) is 0 Å². The number of hydrogen-bond acceptors (Lipinski definition) is 5. The summed E-state index contributed by atoms with van der Waals surface area (Å²) in [5, 5.41) is 4.95. The first-order chi connectivity index (χ1) is 16.0. The van der Waals surface area contributed by atoms with Gasteiger partial charge in [0.2, 0.25) is 0 Å². The average Bonchev–Trinajstić information content (AvgIpc) is 3.47. The lowest BCUT2D eigenvalue weighted by Gasteiger charge is -2.36. The fraction of sp³-hybridized carbons (Fsp3) is 0.462. The molecule has 7 nitrogen and oxygen atoms in total. The molecule has 0 atom stereocenters. The summed E-state index contributed by atoms with van der Waals surface area (Å²) in [5.41, 5.74) is 3.09. The van der Waals surface area contributed by atoms with Crippen molar-refractivity contribution < 1.29 is 9.21 Å². The SMILES string of the molecule is CCN1CCN(c2c(CN(CC(C)C)C(=O)c3ccco3)c(C)nn2-c2ccccc2)CC1. The molecule has 3 aromatic rings. The van der Waals surface area contributed by atoms with Crippen LogP contribution in [0.15, 0.2) is 53.1 Å². The van der Waals surface area contributed by atoms with Crippen molar-refractivity contribution in [1.29, 1.82) is 0 Å². The number of piperazine rings is 1. The highest BCUT2D eigenvalue weighted by atomic mass is 16.3. The maximum atomic E-state index is 13.3. The van der Waals surface area contributed by atoms with Crippen molar-refractivity contribution in [3.8, 4) is 5.69 Å². The van der Waals surface area contributed by atoms with Crippen molar-refractivity contribution in [2.24, 2.45) is 5.92 Å². The molecule has 1 fully saturated rings. The molecule has 2 aromatic heterocycles. The molecule has 0 aliphatic carbocycles. The molecule has 1 aliphatic rings. The molecular formula is C26H35N5O2. The number of rotatable bonds is 8. The number of likely N-dealkylation sites (N-methyl/N-ethyl adjacent to an activating group) is 1. The second-order valence-electron chi connectivity index (χ2n) is 9.11. The first kappa shape index (κ1) is 23.1. The number of hydrogen-bond donors (Lipinski definition) is 0. The maximum absolute atomic E-state index is 13.3. The second kappa shape index (κ2) is 10.3. The molecular weight excluding hydrogens is 414 g/mol. The molecule has 176 valence electrons. The average molecular weight is 450 g/mol. The van der Waals surface area contributed by atoms with E-state index in [2.05, 4.69) is 47.4 Å². The molecule has 1 aliphatic heterocycles. The number of anilines is 1. The molecule has 0 saturated carbocycles. The van der Waals surface area contributed by atoms with E-state index in [1.54, 1.807) is 18.4 Å². The molecule has 0 bridgehead atoms. The van der Waals surface area contributed by atoms with E-state index < -0.39 is 0 Å². The summed E-state index contributed by atoms with van der Waals surface area (Å²) in [7, 11) is 0. The van der Waals surface area contributed by atoms with E-state index in [4.69, 9.17) is 9.52 Å². The van der Waals surface area contributed by atoms with Crippen molar-refractivity contribution in [3.05, 3.63) is 65.7 Å². The van der Waals surface area contributed by atoms with Gasteiger partial charge in [0.1, 0.15) is 5.82 Å². The van der Waals surface area contributed by atoms with Gasteiger partial charge in [-0.3, -0.25) is 4.79 Å². The van der Waals surface area contributed by atoms with Gasteiger partial charge in [-0.2, -0.15) is 5.10 Å². The molecule has 0 radical (unpaired) electrons. The number of carbonyl (C=O) groups excluding carboxylic acids is 1. The highest BCUT2D eigenvalue weighted by Gasteiger charge is 2.28. The zero-order valence-electron chi connectivity index (χ0n) is 20.2. The molecule has 7 heteroatoms. The van der Waals surface area contributed by atoms with Gasteiger partial charge in [0.05, 0.1) is 24.2 Å². The van der Waals surface area contributed by atoms with Crippen molar-refractivity contribution in [3.63, 3.8) is 0 Å². The van der Waals surface area contributed by atoms with E-state index in [1.165, 1.54) is 0 Å². The lowest BCUT2D eigenvalue weighted by atomic mass is 10.1. The van der Waals surface area contributed by atoms with E-state index >= 15 is 0 Å². The predicted molar refractivity (Wildman–Crippen MR) is 131 cm³/mol. The highest BCUT2D eigenvalue weighted by Crippen LogP contribution is 2.30. The number of furan rings is 1. The third kappa shape index (κ3) is 5.14. The van der Waals surface area contributed by atoms with Crippen molar-refractivity contribution in [1.82, 2.24) is 19.6 Å². The standard InChI is InChI=1S/C26H35N5O2/c1-5-28-13-15-29(16-14-28)25-23(21(4)27-31(25)22-10-7-6-8-11-22)19-30(18-20(2)3)26(32)24-12-9-17-33-24/h6-12,17,20H,5,13-16,18-19H2,1-4H3. The zero-order chi connectivity index (χ0) is 23.4. The van der Waals surface area contributed by atoms with Crippen LogP contribution in [0, 0.1) is 12.8 Å². The van der Waals surface area contributed by atoms with Gasteiger partial charge in [0.25, 0.3) is 5.91 Å². The number of nitrogens with zero attached hydrogens (tertiary/aromatic N) is 5. The minimum atomic E-state index is -0.0812. The monoisotopic (exact) mass is 449 g/mol. The van der Waals surface area contributed by atoms with E-state index in [0.29, 0.717) is 24.8 Å². The summed E-state index contributed by atoms with van der Waals surface area (Å²) < 4.78 is 7.50. The van der Waals surface area contributed by atoms with Gasteiger partial charge < -0.3 is 19.1 Å². The van der Waals surface area contributed by atoms with E-state index in [9.17, 15) is 4.79 Å². The Hall–Kier alpha value is -3.06. The van der Waals surface area contributed by atoms with Crippen LogP contribution >= 0.6 is 0 Å². The van der Waals surface area contributed by atoms with Gasteiger partial charge in [-0.15, -0.1) is 0 Å². The molecule has 1 amide bonds. The Kier molecular flexibility index (Phi) is 7.18. The molecule has 33 heavy (non-hydrogen) atoms. The lowest BCUT2D eigenvalue weighted by molar-refractivity contribution is 0.0690. The van der Waals surface area contributed by atoms with Crippen molar-refractivity contribution in [2.75, 3.05) is 44.2 Å². The number of amides is 1. The van der Waals surface area contributed by atoms with Crippen LogP contribution in [-0.2, 0) is 6.54 Å². The first-order valence-electron chi connectivity index (χ1n) is 11.9. The van der Waals surface area contributed by atoms with E-state index in [0.717, 1.165) is 55.5 Å². The quantitative estimate of drug-likeness (QED) is 0.516. The normalized spacial score (nSPS) is 14.8. The number of carbonyl (C=O) groups is 1. The van der Waals surface area contributed by atoms with E-state index in [-0.39, 0.29) is 5.91 Å². The summed E-state index contributed by atoms with van der Waals surface area (Å²) in [6, 6.07) is 13.8. The minimum absolute atomic E-state index is 0.0812. The Morgan fingerprint density at radius 1 is 1.09 bits per heavy atom. The molecule has 4 rings (SSSR count). The first-order valence-corrected chi connectivity index (χ1v) is 11.9. The predicted octanol–water partition coefficient (Wildman–Crippen LogP) is 4.21. The smallest absolute Gasteiger partial charge is 0.289 e. The number of benzene rings is 1. The van der Waals surface area contributed by atoms with Gasteiger partial charge in [-0.05, 0) is 43.7 Å². The zero-order valence-corrected chi connectivity index (χ0v) is 20.2. The van der Waals surface area contributed by atoms with Crippen molar-refractivity contribution in [2.45, 2.75) is 34.2 Å². The van der Waals surface area contributed by atoms with Gasteiger partial charge >= 0.3 is 0 Å². The summed E-state index contributed by atoms with van der Waals surface area (Å²) in [5.74, 6) is 1.73. The Bertz CT molecular complexity index is 1030. The van der Waals surface area contributed by atoms with Crippen LogP contribution in [0.25, 0.3) is 5.69 Å².